The Hall–Kier alpha value is -2.80. The molecule has 0 aliphatic carbocycles. The van der Waals surface area contributed by atoms with Gasteiger partial charge in [0, 0.05) is 17.7 Å². The molecule has 25 heavy (non-hydrogen) atoms. The molecule has 0 radical (unpaired) electrons. The van der Waals surface area contributed by atoms with E-state index >= 15 is 0 Å². The number of aromatic nitrogens is 1. The van der Waals surface area contributed by atoms with Crippen LogP contribution in [0.3, 0.4) is 0 Å². The lowest BCUT2D eigenvalue weighted by Gasteiger charge is -2.12. The van der Waals surface area contributed by atoms with Crippen LogP contribution < -0.4 is 9.46 Å². The third-order valence-electron chi connectivity index (χ3n) is 3.70. The highest BCUT2D eigenvalue weighted by Crippen LogP contribution is 2.27. The summed E-state index contributed by atoms with van der Waals surface area (Å²) in [5.41, 5.74) is 2.60. The van der Waals surface area contributed by atoms with E-state index in [4.69, 9.17) is 9.26 Å². The lowest BCUT2D eigenvalue weighted by Crippen LogP contribution is -2.14. The Balaban J connectivity index is 1.91. The van der Waals surface area contributed by atoms with Crippen molar-refractivity contribution in [2.24, 2.45) is 0 Å². The summed E-state index contributed by atoms with van der Waals surface area (Å²) in [7, 11) is -2.19. The topological polar surface area (TPSA) is 81.4 Å². The Morgan fingerprint density at radius 3 is 2.52 bits per heavy atom. The first kappa shape index (κ1) is 17.0. The number of aryl methyl sites for hydroxylation is 2. The molecule has 6 nitrogen and oxygen atoms in total. The number of nitrogens with zero attached hydrogens (tertiary/aromatic N) is 1. The van der Waals surface area contributed by atoms with Gasteiger partial charge in [0.1, 0.15) is 5.75 Å². The van der Waals surface area contributed by atoms with Gasteiger partial charge in [-0.15, -0.1) is 0 Å². The van der Waals surface area contributed by atoms with Gasteiger partial charge >= 0.3 is 0 Å². The van der Waals surface area contributed by atoms with E-state index in [-0.39, 0.29) is 4.90 Å². The second kappa shape index (κ2) is 6.60. The van der Waals surface area contributed by atoms with Gasteiger partial charge in [-0.1, -0.05) is 11.2 Å². The molecule has 0 saturated carbocycles. The van der Waals surface area contributed by atoms with E-state index in [0.29, 0.717) is 22.8 Å². The molecule has 0 amide bonds. The van der Waals surface area contributed by atoms with Crippen molar-refractivity contribution in [3.63, 3.8) is 0 Å². The predicted octanol–water partition coefficient (Wildman–Crippen LogP) is 3.77. The maximum absolute atomic E-state index is 12.7. The zero-order valence-electron chi connectivity index (χ0n) is 14.1. The lowest BCUT2D eigenvalue weighted by atomic mass is 10.1. The first-order chi connectivity index (χ1) is 11.9. The van der Waals surface area contributed by atoms with Gasteiger partial charge in [0.2, 0.25) is 0 Å². The molecule has 0 aliphatic heterocycles. The number of rotatable bonds is 5. The minimum absolute atomic E-state index is 0.204. The van der Waals surface area contributed by atoms with Crippen LogP contribution in [-0.2, 0) is 10.0 Å². The molecule has 130 valence electrons. The third kappa shape index (κ3) is 3.66. The zero-order valence-corrected chi connectivity index (χ0v) is 14.9. The number of hydrogen-bond acceptors (Lipinski definition) is 5. The summed E-state index contributed by atoms with van der Waals surface area (Å²) in [4.78, 5) is 0.204. The molecule has 0 spiro atoms. The maximum Gasteiger partial charge on any atom is 0.262 e. The monoisotopic (exact) mass is 358 g/mol. The van der Waals surface area contributed by atoms with Gasteiger partial charge in [-0.2, -0.15) is 0 Å². The number of sulfonamides is 1. The van der Waals surface area contributed by atoms with Crippen molar-refractivity contribution < 1.29 is 17.7 Å². The van der Waals surface area contributed by atoms with E-state index in [1.165, 1.54) is 7.11 Å². The molecule has 0 fully saturated rings. The summed E-state index contributed by atoms with van der Waals surface area (Å²) in [6.45, 7) is 3.57. The molecule has 1 aromatic heterocycles. The molecule has 0 saturated heterocycles. The van der Waals surface area contributed by atoms with Crippen molar-refractivity contribution in [2.45, 2.75) is 18.7 Å². The van der Waals surface area contributed by atoms with Gasteiger partial charge in [-0.3, -0.25) is 4.72 Å². The van der Waals surface area contributed by atoms with Gasteiger partial charge < -0.3 is 9.26 Å². The van der Waals surface area contributed by atoms with Crippen molar-refractivity contribution in [2.75, 3.05) is 11.8 Å². The van der Waals surface area contributed by atoms with Gasteiger partial charge in [0.25, 0.3) is 10.0 Å². The van der Waals surface area contributed by atoms with Crippen LogP contribution in [0.1, 0.15) is 11.3 Å². The summed E-state index contributed by atoms with van der Waals surface area (Å²) in [5.74, 6) is 1.18. The number of anilines is 1. The summed E-state index contributed by atoms with van der Waals surface area (Å²) in [6.07, 6.45) is 0. The second-order valence-electron chi connectivity index (χ2n) is 5.65. The van der Waals surface area contributed by atoms with Crippen LogP contribution in [0.15, 0.2) is 57.9 Å². The molecule has 3 rings (SSSR count). The van der Waals surface area contributed by atoms with Crippen LogP contribution in [0.25, 0.3) is 11.3 Å². The van der Waals surface area contributed by atoms with Crippen LogP contribution in [0.4, 0.5) is 5.69 Å². The SMILES string of the molecule is COc1cccc(NS(=O)(=O)c2ccc(-c3cc(C)no3)cc2C)c1. The van der Waals surface area contributed by atoms with Crippen molar-refractivity contribution in [1.82, 2.24) is 5.16 Å². The second-order valence-corrected chi connectivity index (χ2v) is 7.30. The van der Waals surface area contributed by atoms with Gasteiger partial charge in [-0.25, -0.2) is 8.42 Å². The first-order valence-electron chi connectivity index (χ1n) is 7.60. The summed E-state index contributed by atoms with van der Waals surface area (Å²) >= 11 is 0. The van der Waals surface area contributed by atoms with Crippen LogP contribution in [-0.4, -0.2) is 20.7 Å². The molecule has 0 unspecified atom stereocenters. The molecule has 7 heteroatoms. The smallest absolute Gasteiger partial charge is 0.262 e. The number of ether oxygens (including phenoxy) is 1. The van der Waals surface area contributed by atoms with E-state index in [0.717, 1.165) is 11.3 Å². The highest BCUT2D eigenvalue weighted by Gasteiger charge is 2.18. The molecule has 0 bridgehead atoms. The van der Waals surface area contributed by atoms with Crippen LogP contribution in [0, 0.1) is 13.8 Å². The summed E-state index contributed by atoms with van der Waals surface area (Å²) in [5, 5.41) is 3.85. The van der Waals surface area contributed by atoms with Crippen molar-refractivity contribution in [3.05, 3.63) is 59.8 Å². The fourth-order valence-corrected chi connectivity index (χ4v) is 3.78. The van der Waals surface area contributed by atoms with E-state index in [2.05, 4.69) is 9.88 Å². The largest absolute Gasteiger partial charge is 0.497 e. The molecular weight excluding hydrogens is 340 g/mol. The Morgan fingerprint density at radius 1 is 1.08 bits per heavy atom. The Labute approximate surface area is 146 Å². The average molecular weight is 358 g/mol. The number of methoxy groups -OCH3 is 1. The molecular formula is C18H18N2O4S. The first-order valence-corrected chi connectivity index (χ1v) is 9.08. The van der Waals surface area contributed by atoms with Crippen LogP contribution in [0.5, 0.6) is 5.75 Å². The lowest BCUT2D eigenvalue weighted by molar-refractivity contribution is 0.415. The van der Waals surface area contributed by atoms with Crippen molar-refractivity contribution in [3.8, 4) is 17.1 Å². The quantitative estimate of drug-likeness (QED) is 0.751. The van der Waals surface area contributed by atoms with E-state index in [1.54, 1.807) is 55.5 Å². The van der Waals surface area contributed by atoms with Gasteiger partial charge in [0.15, 0.2) is 5.76 Å². The molecule has 0 aliphatic rings. The van der Waals surface area contributed by atoms with E-state index in [9.17, 15) is 8.42 Å². The number of nitrogens with one attached hydrogen (secondary N) is 1. The standard InChI is InChI=1S/C18H18N2O4S/c1-12-9-14(17-10-13(2)19-24-17)7-8-18(12)25(21,22)20-15-5-4-6-16(11-15)23-3/h4-11,20H,1-3H3. The van der Waals surface area contributed by atoms with Crippen LogP contribution in [0.2, 0.25) is 0 Å². The van der Waals surface area contributed by atoms with Crippen LogP contribution >= 0.6 is 0 Å². The minimum atomic E-state index is -3.71. The highest BCUT2D eigenvalue weighted by molar-refractivity contribution is 7.92. The Bertz CT molecular complexity index is 1010. The maximum atomic E-state index is 12.7. The average Bonchev–Trinajstić information content (AvgIpc) is 3.00. The Morgan fingerprint density at radius 2 is 1.88 bits per heavy atom. The fourth-order valence-electron chi connectivity index (χ4n) is 2.50. The van der Waals surface area contributed by atoms with Crippen molar-refractivity contribution in [1.29, 1.82) is 0 Å². The van der Waals surface area contributed by atoms with Crippen molar-refractivity contribution >= 4 is 15.7 Å². The van der Waals surface area contributed by atoms with E-state index < -0.39 is 10.0 Å². The Kier molecular flexibility index (Phi) is 4.50. The molecule has 1 N–H and O–H groups in total. The van der Waals surface area contributed by atoms with E-state index in [1.807, 2.05) is 6.92 Å². The predicted molar refractivity (Wildman–Crippen MR) is 95.2 cm³/mol. The normalized spacial score (nSPS) is 11.3. The zero-order chi connectivity index (χ0) is 18.0. The number of benzene rings is 2. The third-order valence-corrected chi connectivity index (χ3v) is 5.24. The molecule has 3 aromatic rings. The van der Waals surface area contributed by atoms with Gasteiger partial charge in [0.05, 0.1) is 23.4 Å². The summed E-state index contributed by atoms with van der Waals surface area (Å²) < 4.78 is 38.3. The highest BCUT2D eigenvalue weighted by atomic mass is 32.2. The molecule has 0 atom stereocenters. The molecule has 2 aromatic carbocycles. The minimum Gasteiger partial charge on any atom is -0.497 e. The van der Waals surface area contributed by atoms with Gasteiger partial charge in [-0.05, 0) is 49.7 Å². The number of hydrogen-bond donors (Lipinski definition) is 1. The summed E-state index contributed by atoms with van der Waals surface area (Å²) in [6, 6.07) is 13.6. The molecule has 1 heterocycles. The fraction of sp³-hybridized carbons (Fsp3) is 0.167.